The molecule has 0 aliphatic rings. The van der Waals surface area contributed by atoms with Crippen molar-refractivity contribution in [2.45, 2.75) is 31.8 Å². The van der Waals surface area contributed by atoms with E-state index in [1.807, 2.05) is 56.3 Å². The molecule has 0 spiro atoms. The highest BCUT2D eigenvalue weighted by atomic mass is 35.5. The average Bonchev–Trinajstić information content (AvgIpc) is 2.93. The standard InChI is InChI=1S/C30H29Cl2NO5/c1-30(2,21-9-6-19-13-22(35-3)10-7-18(19)12-21)29(34)38-27(15-23-24(31)16-33-17-25(23)32)20-8-11-26(36-4)28(14-20)37-5/h6-14,16-17,27H,15H2,1-5H3. The van der Waals surface area contributed by atoms with Crippen LogP contribution >= 0.6 is 23.2 Å². The van der Waals surface area contributed by atoms with Crippen LogP contribution in [0.4, 0.5) is 0 Å². The van der Waals surface area contributed by atoms with Crippen molar-refractivity contribution < 1.29 is 23.7 Å². The quantitative estimate of drug-likeness (QED) is 0.201. The molecule has 0 bridgehead atoms. The molecule has 0 aliphatic carbocycles. The highest BCUT2D eigenvalue weighted by molar-refractivity contribution is 6.35. The van der Waals surface area contributed by atoms with Gasteiger partial charge in [0, 0.05) is 18.8 Å². The molecule has 198 valence electrons. The predicted octanol–water partition coefficient (Wildman–Crippen LogP) is 7.37. The summed E-state index contributed by atoms with van der Waals surface area (Å²) >= 11 is 12.9. The molecule has 38 heavy (non-hydrogen) atoms. The van der Waals surface area contributed by atoms with Crippen molar-refractivity contribution in [1.82, 2.24) is 4.98 Å². The van der Waals surface area contributed by atoms with Crippen LogP contribution in [0, 0.1) is 0 Å². The third-order valence-electron chi connectivity index (χ3n) is 6.65. The minimum atomic E-state index is -0.950. The number of aromatic nitrogens is 1. The number of methoxy groups -OCH3 is 3. The van der Waals surface area contributed by atoms with Gasteiger partial charge in [-0.1, -0.05) is 53.5 Å². The topological polar surface area (TPSA) is 66.9 Å². The largest absolute Gasteiger partial charge is 0.497 e. The van der Waals surface area contributed by atoms with Crippen molar-refractivity contribution in [3.63, 3.8) is 0 Å². The molecule has 1 unspecified atom stereocenters. The fraction of sp³-hybridized carbons (Fsp3) is 0.267. The van der Waals surface area contributed by atoms with Gasteiger partial charge in [-0.05, 0) is 65.6 Å². The van der Waals surface area contributed by atoms with Crippen LogP contribution in [0.3, 0.4) is 0 Å². The van der Waals surface area contributed by atoms with Gasteiger partial charge in [-0.25, -0.2) is 0 Å². The monoisotopic (exact) mass is 553 g/mol. The maximum atomic E-state index is 13.7. The molecule has 0 saturated heterocycles. The number of halogens is 2. The maximum Gasteiger partial charge on any atom is 0.316 e. The highest BCUT2D eigenvalue weighted by Gasteiger charge is 2.34. The molecule has 0 fully saturated rings. The molecule has 0 amide bonds. The Hall–Kier alpha value is -3.48. The van der Waals surface area contributed by atoms with Crippen LogP contribution < -0.4 is 14.2 Å². The number of benzene rings is 3. The molecule has 6 nitrogen and oxygen atoms in total. The molecule has 8 heteroatoms. The average molecular weight is 554 g/mol. The van der Waals surface area contributed by atoms with Crippen LogP contribution in [-0.2, 0) is 21.4 Å². The summed E-state index contributed by atoms with van der Waals surface area (Å²) < 4.78 is 22.4. The Bertz CT molecular complexity index is 1450. The zero-order chi connectivity index (χ0) is 27.4. The number of carbonyl (C=O) groups is 1. The van der Waals surface area contributed by atoms with Crippen molar-refractivity contribution in [2.75, 3.05) is 21.3 Å². The van der Waals surface area contributed by atoms with E-state index >= 15 is 0 Å². The molecular weight excluding hydrogens is 525 g/mol. The Morgan fingerprint density at radius 3 is 2.16 bits per heavy atom. The Morgan fingerprint density at radius 1 is 0.842 bits per heavy atom. The molecule has 1 atom stereocenters. The summed E-state index contributed by atoms with van der Waals surface area (Å²) in [5, 5.41) is 2.80. The summed E-state index contributed by atoms with van der Waals surface area (Å²) in [7, 11) is 4.75. The summed E-state index contributed by atoms with van der Waals surface area (Å²) in [5.74, 6) is 1.46. The van der Waals surface area contributed by atoms with Gasteiger partial charge in [0.2, 0.25) is 0 Å². The first-order valence-electron chi connectivity index (χ1n) is 12.0. The number of rotatable bonds is 9. The summed E-state index contributed by atoms with van der Waals surface area (Å²) in [4.78, 5) is 17.8. The Morgan fingerprint density at radius 2 is 1.50 bits per heavy atom. The van der Waals surface area contributed by atoms with E-state index < -0.39 is 17.5 Å². The number of nitrogens with zero attached hydrogens (tertiary/aromatic N) is 1. The molecule has 4 rings (SSSR count). The maximum absolute atomic E-state index is 13.7. The van der Waals surface area contributed by atoms with Crippen LogP contribution in [0.5, 0.6) is 17.2 Å². The smallest absolute Gasteiger partial charge is 0.316 e. The molecule has 4 aromatic rings. The first-order valence-corrected chi connectivity index (χ1v) is 12.7. The van der Waals surface area contributed by atoms with Gasteiger partial charge in [0.15, 0.2) is 11.5 Å². The molecule has 0 N–H and O–H groups in total. The van der Waals surface area contributed by atoms with Gasteiger partial charge >= 0.3 is 5.97 Å². The number of hydrogen-bond donors (Lipinski definition) is 0. The number of esters is 1. The van der Waals surface area contributed by atoms with Crippen molar-refractivity contribution >= 4 is 39.9 Å². The van der Waals surface area contributed by atoms with Crippen molar-refractivity contribution in [3.05, 3.63) is 93.7 Å². The second kappa shape index (κ2) is 11.5. The molecular formula is C30H29Cl2NO5. The van der Waals surface area contributed by atoms with E-state index in [1.54, 1.807) is 33.5 Å². The Kier molecular flexibility index (Phi) is 8.34. The molecule has 1 aromatic heterocycles. The molecule has 0 saturated carbocycles. The van der Waals surface area contributed by atoms with E-state index in [0.29, 0.717) is 32.7 Å². The first kappa shape index (κ1) is 27.6. The van der Waals surface area contributed by atoms with E-state index in [1.165, 1.54) is 12.4 Å². The van der Waals surface area contributed by atoms with Crippen molar-refractivity contribution in [3.8, 4) is 17.2 Å². The second-order valence-electron chi connectivity index (χ2n) is 9.35. The van der Waals surface area contributed by atoms with Crippen LogP contribution in [-0.4, -0.2) is 32.3 Å². The molecule has 3 aromatic carbocycles. The van der Waals surface area contributed by atoms with Gasteiger partial charge in [-0.15, -0.1) is 0 Å². The van der Waals surface area contributed by atoms with Crippen LogP contribution in [0.1, 0.15) is 36.6 Å². The Balaban J connectivity index is 1.70. The SMILES string of the molecule is COc1ccc2cc(C(C)(C)C(=O)OC(Cc3c(Cl)cncc3Cl)c3ccc(OC)c(OC)c3)ccc2c1. The normalized spacial score (nSPS) is 12.2. The lowest BCUT2D eigenvalue weighted by Gasteiger charge is -2.28. The summed E-state index contributed by atoms with van der Waals surface area (Å²) in [6, 6.07) is 17.1. The van der Waals surface area contributed by atoms with E-state index in [4.69, 9.17) is 42.1 Å². The minimum absolute atomic E-state index is 0.245. The number of pyridine rings is 1. The lowest BCUT2D eigenvalue weighted by Crippen LogP contribution is -2.32. The van der Waals surface area contributed by atoms with E-state index in [-0.39, 0.29) is 6.42 Å². The molecule has 1 heterocycles. The lowest BCUT2D eigenvalue weighted by molar-refractivity contribution is -0.155. The summed E-state index contributed by atoms with van der Waals surface area (Å²) in [6.07, 6.45) is 2.58. The summed E-state index contributed by atoms with van der Waals surface area (Å²) in [6.45, 7) is 3.69. The van der Waals surface area contributed by atoms with Gasteiger partial charge in [0.1, 0.15) is 11.9 Å². The molecule has 0 radical (unpaired) electrons. The fourth-order valence-corrected chi connectivity index (χ4v) is 4.75. The third-order valence-corrected chi connectivity index (χ3v) is 7.30. The van der Waals surface area contributed by atoms with Crippen molar-refractivity contribution in [1.29, 1.82) is 0 Å². The van der Waals surface area contributed by atoms with Crippen LogP contribution in [0.25, 0.3) is 10.8 Å². The number of fused-ring (bicyclic) bond motifs is 1. The third kappa shape index (κ3) is 5.66. The highest BCUT2D eigenvalue weighted by Crippen LogP contribution is 2.37. The number of ether oxygens (including phenoxy) is 4. The van der Waals surface area contributed by atoms with Crippen molar-refractivity contribution in [2.24, 2.45) is 0 Å². The van der Waals surface area contributed by atoms with Gasteiger partial charge in [-0.2, -0.15) is 0 Å². The van der Waals surface area contributed by atoms with E-state index in [2.05, 4.69) is 4.98 Å². The lowest BCUT2D eigenvalue weighted by atomic mass is 9.83. The minimum Gasteiger partial charge on any atom is -0.497 e. The van der Waals surface area contributed by atoms with Gasteiger partial charge in [-0.3, -0.25) is 9.78 Å². The zero-order valence-corrected chi connectivity index (χ0v) is 23.4. The van der Waals surface area contributed by atoms with Crippen LogP contribution in [0.15, 0.2) is 67.0 Å². The molecule has 0 aliphatic heterocycles. The number of hydrogen-bond acceptors (Lipinski definition) is 6. The Labute approximate surface area is 232 Å². The van der Waals surface area contributed by atoms with Gasteiger partial charge < -0.3 is 18.9 Å². The van der Waals surface area contributed by atoms with Gasteiger partial charge in [0.25, 0.3) is 0 Å². The van der Waals surface area contributed by atoms with E-state index in [0.717, 1.165) is 22.1 Å². The van der Waals surface area contributed by atoms with Gasteiger partial charge in [0.05, 0.1) is 36.8 Å². The summed E-state index contributed by atoms with van der Waals surface area (Å²) in [5.41, 5.74) is 1.22. The zero-order valence-electron chi connectivity index (χ0n) is 21.9. The second-order valence-corrected chi connectivity index (χ2v) is 10.2. The predicted molar refractivity (Wildman–Crippen MR) is 150 cm³/mol. The first-order chi connectivity index (χ1) is 18.2. The fourth-order valence-electron chi connectivity index (χ4n) is 4.23. The van der Waals surface area contributed by atoms with E-state index in [9.17, 15) is 4.79 Å². The number of carbonyl (C=O) groups excluding carboxylic acids is 1. The van der Waals surface area contributed by atoms with Crippen LogP contribution in [0.2, 0.25) is 10.0 Å².